The molecule has 3 saturated carbocycles. The Morgan fingerprint density at radius 2 is 1.88 bits per heavy atom. The summed E-state index contributed by atoms with van der Waals surface area (Å²) in [6.45, 7) is 4.70. The second kappa shape index (κ2) is 10.7. The third-order valence-corrected chi connectivity index (χ3v) is 10.3. The number of rotatable bonds is 10. The Morgan fingerprint density at radius 1 is 1.12 bits per heavy atom. The average molecular weight is 565 g/mol. The number of carbonyl (C=O) groups excluding carboxylic acids is 4. The predicted octanol–water partition coefficient (Wildman–Crippen LogP) is 2.80. The van der Waals surface area contributed by atoms with Gasteiger partial charge in [0.25, 0.3) is 11.9 Å². The predicted molar refractivity (Wildman–Crippen MR) is 150 cm³/mol. The molecule has 3 aliphatic carbocycles. The van der Waals surface area contributed by atoms with E-state index < -0.39 is 29.8 Å². The molecule has 0 spiro atoms. The highest BCUT2D eigenvalue weighted by Gasteiger charge is 2.69. The molecule has 2 unspecified atom stereocenters. The van der Waals surface area contributed by atoms with E-state index in [2.05, 4.69) is 34.4 Å². The third-order valence-electron chi connectivity index (χ3n) is 10.3. The van der Waals surface area contributed by atoms with E-state index in [9.17, 15) is 19.2 Å². The molecule has 5 atom stereocenters. The highest BCUT2D eigenvalue weighted by molar-refractivity contribution is 6.37. The van der Waals surface area contributed by atoms with Gasteiger partial charge >= 0.3 is 0 Å². The first-order chi connectivity index (χ1) is 19.6. The van der Waals surface area contributed by atoms with Crippen LogP contribution in [0.25, 0.3) is 11.2 Å². The number of amides is 3. The maximum absolute atomic E-state index is 14.4. The lowest BCUT2D eigenvalue weighted by Crippen LogP contribution is -2.58. The summed E-state index contributed by atoms with van der Waals surface area (Å²) in [4.78, 5) is 63.2. The van der Waals surface area contributed by atoms with Crippen LogP contribution in [0.1, 0.15) is 71.6 Å². The van der Waals surface area contributed by atoms with E-state index in [0.717, 1.165) is 51.4 Å². The second-order valence-corrected chi connectivity index (χ2v) is 13.1. The van der Waals surface area contributed by atoms with E-state index in [0.29, 0.717) is 24.2 Å². The van der Waals surface area contributed by atoms with Crippen LogP contribution < -0.4 is 16.4 Å². The number of oxazole rings is 1. The van der Waals surface area contributed by atoms with Crippen LogP contribution in [-0.4, -0.2) is 63.0 Å². The van der Waals surface area contributed by atoms with Crippen molar-refractivity contribution in [1.82, 2.24) is 20.2 Å². The number of Topliss-reactive ketones (excluding diaryl/α,β-unsaturated/α-hetero) is 1. The minimum Gasteiger partial charge on any atom is -0.422 e. The monoisotopic (exact) mass is 564 g/mol. The number of carbonyl (C=O) groups is 4. The van der Waals surface area contributed by atoms with Gasteiger partial charge in [-0.3, -0.25) is 19.2 Å². The number of likely N-dealkylation sites (tertiary alicyclic amines) is 1. The normalized spacial score (nSPS) is 27.0. The molecule has 4 aliphatic rings. The van der Waals surface area contributed by atoms with E-state index in [4.69, 9.17) is 10.2 Å². The van der Waals surface area contributed by atoms with Crippen molar-refractivity contribution in [2.75, 3.05) is 11.9 Å². The first kappa shape index (κ1) is 27.7. The summed E-state index contributed by atoms with van der Waals surface area (Å²) in [5.41, 5.74) is 6.24. The molecular weight excluding hydrogens is 524 g/mol. The summed E-state index contributed by atoms with van der Waals surface area (Å²) in [7, 11) is 0. The van der Waals surface area contributed by atoms with Gasteiger partial charge in [0, 0.05) is 12.7 Å². The lowest BCUT2D eigenvalue weighted by molar-refractivity contribution is -0.144. The lowest BCUT2D eigenvalue weighted by Gasteiger charge is -2.37. The topological polar surface area (TPSA) is 161 Å². The largest absolute Gasteiger partial charge is 0.422 e. The summed E-state index contributed by atoms with van der Waals surface area (Å²) >= 11 is 0. The molecule has 3 heterocycles. The van der Waals surface area contributed by atoms with Crippen LogP contribution in [0.2, 0.25) is 0 Å². The first-order valence-electron chi connectivity index (χ1n) is 15.1. The van der Waals surface area contributed by atoms with Gasteiger partial charge in [0.2, 0.25) is 23.2 Å². The number of nitrogens with two attached hydrogens (primary N) is 1. The molecule has 2 aromatic rings. The van der Waals surface area contributed by atoms with Gasteiger partial charge in [0.05, 0.1) is 6.04 Å². The van der Waals surface area contributed by atoms with Gasteiger partial charge in [0.15, 0.2) is 5.58 Å². The van der Waals surface area contributed by atoms with E-state index in [1.807, 2.05) is 0 Å². The van der Waals surface area contributed by atoms with Gasteiger partial charge in [0.1, 0.15) is 12.1 Å². The molecule has 3 amide bonds. The fraction of sp³-hybridized carbons (Fsp3) is 0.667. The third kappa shape index (κ3) is 5.19. The molecule has 220 valence electrons. The Balaban J connectivity index is 1.26. The molecule has 4 N–H and O–H groups in total. The molecule has 6 rings (SSSR count). The quantitative estimate of drug-likeness (QED) is 0.371. The van der Waals surface area contributed by atoms with Crippen LogP contribution >= 0.6 is 0 Å². The minimum atomic E-state index is -1.05. The standard InChI is InChI=1S/C30H40N6O5/c1-30(2)18-15-36(23(21(18)30)27(39)33-19(24(37)25(31)38)14-16-8-6-9-16)28(40)22(17-10-4-3-5-11-17)34-29-35-26-20(41-29)12-7-13-32-26/h7,12-13,16-19,21-23H,3-6,8-11,14-15H2,1-2H3,(H2,31,38)(H,33,39)(H,32,34,35)/t18-,19?,21?,22-,23+/m1/s1. The summed E-state index contributed by atoms with van der Waals surface area (Å²) in [6.07, 6.45) is 10.0. The molecule has 1 aliphatic heterocycles. The molecular formula is C30H40N6O5. The number of ketones is 1. The Kier molecular flexibility index (Phi) is 7.23. The Bertz CT molecular complexity index is 1310. The smallest absolute Gasteiger partial charge is 0.297 e. The zero-order valence-electron chi connectivity index (χ0n) is 23.8. The molecule has 11 heteroatoms. The van der Waals surface area contributed by atoms with Crippen molar-refractivity contribution in [2.45, 2.75) is 89.8 Å². The van der Waals surface area contributed by atoms with Crippen LogP contribution in [-0.2, 0) is 19.2 Å². The van der Waals surface area contributed by atoms with E-state index in [-0.39, 0.29) is 46.9 Å². The molecule has 41 heavy (non-hydrogen) atoms. The fourth-order valence-corrected chi connectivity index (χ4v) is 7.53. The zero-order valence-corrected chi connectivity index (χ0v) is 23.8. The van der Waals surface area contributed by atoms with Crippen molar-refractivity contribution in [2.24, 2.45) is 34.8 Å². The van der Waals surface area contributed by atoms with Crippen LogP contribution in [0.5, 0.6) is 0 Å². The average Bonchev–Trinajstić information content (AvgIpc) is 3.29. The van der Waals surface area contributed by atoms with Gasteiger partial charge in [-0.1, -0.05) is 52.4 Å². The molecule has 2 aromatic heterocycles. The van der Waals surface area contributed by atoms with Crippen molar-refractivity contribution in [3.63, 3.8) is 0 Å². The number of pyridine rings is 1. The SMILES string of the molecule is CC1(C)C2[C@@H](C(=O)NC(CC3CCC3)C(=O)C(N)=O)N(C(=O)[C@H](Nc3nc4ncccc4o3)C3CCCCC3)C[C@H]21. The molecule has 1 saturated heterocycles. The maximum Gasteiger partial charge on any atom is 0.297 e. The Hall–Kier alpha value is -3.50. The van der Waals surface area contributed by atoms with Gasteiger partial charge in [-0.15, -0.1) is 0 Å². The second-order valence-electron chi connectivity index (χ2n) is 13.1. The number of primary amides is 1. The number of hydrogen-bond acceptors (Lipinski definition) is 8. The summed E-state index contributed by atoms with van der Waals surface area (Å²) in [6, 6.07) is 1.47. The highest BCUT2D eigenvalue weighted by atomic mass is 16.4. The van der Waals surface area contributed by atoms with Crippen molar-refractivity contribution in [1.29, 1.82) is 0 Å². The van der Waals surface area contributed by atoms with Crippen LogP contribution in [0.3, 0.4) is 0 Å². The fourth-order valence-electron chi connectivity index (χ4n) is 7.53. The number of fused-ring (bicyclic) bond motifs is 2. The van der Waals surface area contributed by atoms with Gasteiger partial charge in [-0.2, -0.15) is 4.98 Å². The van der Waals surface area contributed by atoms with Crippen LogP contribution in [0.15, 0.2) is 22.7 Å². The first-order valence-corrected chi connectivity index (χ1v) is 15.1. The van der Waals surface area contributed by atoms with Crippen molar-refractivity contribution in [3.8, 4) is 0 Å². The number of anilines is 1. The minimum absolute atomic E-state index is 0.0278. The van der Waals surface area contributed by atoms with Gasteiger partial charge in [-0.05, 0) is 60.5 Å². The van der Waals surface area contributed by atoms with E-state index in [1.54, 1.807) is 23.2 Å². The summed E-state index contributed by atoms with van der Waals surface area (Å²) in [5.74, 6) is -1.88. The lowest BCUT2D eigenvalue weighted by atomic mass is 9.80. The van der Waals surface area contributed by atoms with Crippen LogP contribution in [0.4, 0.5) is 6.01 Å². The number of nitrogens with one attached hydrogen (secondary N) is 2. The molecule has 4 fully saturated rings. The van der Waals surface area contributed by atoms with Gasteiger partial charge in [-0.25, -0.2) is 4.98 Å². The van der Waals surface area contributed by atoms with Crippen molar-refractivity contribution < 1.29 is 23.6 Å². The van der Waals surface area contributed by atoms with E-state index >= 15 is 0 Å². The molecule has 0 radical (unpaired) electrons. The van der Waals surface area contributed by atoms with Crippen molar-refractivity contribution in [3.05, 3.63) is 18.3 Å². The number of nitrogens with zero attached hydrogens (tertiary/aromatic N) is 3. The summed E-state index contributed by atoms with van der Waals surface area (Å²) < 4.78 is 5.88. The number of piperidine rings is 1. The van der Waals surface area contributed by atoms with Gasteiger partial charge < -0.3 is 25.7 Å². The van der Waals surface area contributed by atoms with E-state index in [1.165, 1.54) is 0 Å². The Labute approximate surface area is 239 Å². The van der Waals surface area contributed by atoms with Crippen molar-refractivity contribution >= 4 is 40.7 Å². The van der Waals surface area contributed by atoms with Crippen LogP contribution in [0, 0.1) is 29.1 Å². The molecule has 0 aromatic carbocycles. The summed E-state index contributed by atoms with van der Waals surface area (Å²) in [5, 5.41) is 6.15. The zero-order chi connectivity index (χ0) is 28.9. The molecule has 11 nitrogen and oxygen atoms in total. The number of aromatic nitrogens is 2. The Morgan fingerprint density at radius 3 is 2.54 bits per heavy atom. The number of hydrogen-bond donors (Lipinski definition) is 3. The molecule has 0 bridgehead atoms. The maximum atomic E-state index is 14.4. The highest BCUT2D eigenvalue weighted by Crippen LogP contribution is 2.65.